The number of aliphatic imine (C=N–C) groups is 1. The number of carbonyl (C=O) groups excluding carboxylic acids is 1. The number of halogens is 1. The van der Waals surface area contributed by atoms with Crippen molar-refractivity contribution in [1.29, 1.82) is 0 Å². The summed E-state index contributed by atoms with van der Waals surface area (Å²) in [6.45, 7) is 0. The second-order valence-corrected chi connectivity index (χ2v) is 4.94. The van der Waals surface area contributed by atoms with E-state index in [4.69, 9.17) is 0 Å². The molecule has 0 aliphatic heterocycles. The molecule has 0 N–H and O–H groups in total. The van der Waals surface area contributed by atoms with E-state index in [1.807, 2.05) is 14.1 Å². The van der Waals surface area contributed by atoms with Crippen molar-refractivity contribution >= 4 is 54.9 Å². The fourth-order valence-electron chi connectivity index (χ4n) is 0.872. The van der Waals surface area contributed by atoms with Crippen molar-refractivity contribution in [3.05, 3.63) is 11.1 Å². The van der Waals surface area contributed by atoms with Crippen molar-refractivity contribution < 1.29 is 9.63 Å². The van der Waals surface area contributed by atoms with Crippen molar-refractivity contribution in [2.24, 2.45) is 10.1 Å². The molecule has 0 aliphatic carbocycles. The Hall–Kier alpha value is -1.03. The Bertz CT molecular complexity index is 456. The summed E-state index contributed by atoms with van der Waals surface area (Å²) in [5, 5.41) is 5.93. The molecule has 0 atom stereocenters. The van der Waals surface area contributed by atoms with Gasteiger partial charge in [-0.3, -0.25) is 4.79 Å². The van der Waals surface area contributed by atoms with Crippen LogP contribution in [0.15, 0.2) is 15.5 Å². The van der Waals surface area contributed by atoms with E-state index < -0.39 is 0 Å². The van der Waals surface area contributed by atoms with Crippen molar-refractivity contribution in [2.75, 3.05) is 21.2 Å². The fraction of sp³-hybridized carbons (Fsp3) is 0.333. The summed E-state index contributed by atoms with van der Waals surface area (Å²) in [5.74, 6) is 0. The van der Waals surface area contributed by atoms with E-state index in [-0.39, 0.29) is 9.50 Å². The lowest BCUT2D eigenvalue weighted by atomic mass is 10.3. The zero-order valence-corrected chi connectivity index (χ0v) is 12.5. The maximum absolute atomic E-state index is 11.3. The Labute approximate surface area is 117 Å². The highest BCUT2D eigenvalue weighted by molar-refractivity contribution is 14.1. The minimum atomic E-state index is -0.224. The number of hydrogen-bond acceptors (Lipinski definition) is 6. The fourth-order valence-corrected chi connectivity index (χ4v) is 1.89. The van der Waals surface area contributed by atoms with Crippen LogP contribution in [0, 0.1) is 0 Å². The highest BCUT2D eigenvalue weighted by atomic mass is 127. The second kappa shape index (κ2) is 6.64. The van der Waals surface area contributed by atoms with Crippen molar-refractivity contribution in [3.63, 3.8) is 0 Å². The van der Waals surface area contributed by atoms with Gasteiger partial charge in [0, 0.05) is 42.1 Å². The molecule has 0 radical (unpaired) electrons. The molecule has 0 fully saturated rings. The molecule has 92 valence electrons. The quantitative estimate of drug-likeness (QED) is 0.262. The van der Waals surface area contributed by atoms with Crippen LogP contribution in [-0.4, -0.2) is 46.9 Å². The second-order valence-electron chi connectivity index (χ2n) is 3.12. The molecule has 0 unspecified atom stereocenters. The average molecular weight is 366 g/mol. The van der Waals surface area contributed by atoms with Gasteiger partial charge in [-0.05, 0) is 0 Å². The standard InChI is InChI=1S/C9H11IN4O2S/c1-14(2)5-11-9-12-6(4-17-9)7(8(10)15)13-16-3/h4-5H,1-3H3/b11-5+,13-7-. The Morgan fingerprint density at radius 3 is 2.88 bits per heavy atom. The first-order valence-corrected chi connectivity index (χ1v) is 6.48. The summed E-state index contributed by atoms with van der Waals surface area (Å²) in [7, 11) is 5.12. The molecule has 8 heteroatoms. The van der Waals surface area contributed by atoms with E-state index in [2.05, 4.69) is 20.0 Å². The number of rotatable bonds is 5. The molecule has 0 aliphatic rings. The minimum absolute atomic E-state index is 0.190. The van der Waals surface area contributed by atoms with E-state index in [1.165, 1.54) is 18.4 Å². The molecule has 0 aromatic carbocycles. The third kappa shape index (κ3) is 4.38. The lowest BCUT2D eigenvalue weighted by Crippen LogP contribution is -2.09. The normalized spacial score (nSPS) is 11.9. The highest BCUT2D eigenvalue weighted by Crippen LogP contribution is 2.19. The zero-order chi connectivity index (χ0) is 12.8. The topological polar surface area (TPSA) is 67.2 Å². The van der Waals surface area contributed by atoms with Crippen LogP contribution in [0.4, 0.5) is 5.13 Å². The van der Waals surface area contributed by atoms with E-state index in [9.17, 15) is 4.79 Å². The maximum Gasteiger partial charge on any atom is 0.246 e. The predicted molar refractivity (Wildman–Crippen MR) is 76.5 cm³/mol. The lowest BCUT2D eigenvalue weighted by Gasteiger charge is -1.99. The first-order valence-electron chi connectivity index (χ1n) is 4.52. The van der Waals surface area contributed by atoms with Crippen LogP contribution in [0.2, 0.25) is 0 Å². The van der Waals surface area contributed by atoms with Gasteiger partial charge < -0.3 is 9.74 Å². The van der Waals surface area contributed by atoms with Gasteiger partial charge in [0.05, 0.1) is 6.34 Å². The number of oxime groups is 1. The van der Waals surface area contributed by atoms with Crippen LogP contribution in [0.5, 0.6) is 0 Å². The van der Waals surface area contributed by atoms with Gasteiger partial charge in [0.1, 0.15) is 12.8 Å². The van der Waals surface area contributed by atoms with E-state index in [0.717, 1.165) is 0 Å². The minimum Gasteiger partial charge on any atom is -0.398 e. The predicted octanol–water partition coefficient (Wildman–Crippen LogP) is 1.68. The highest BCUT2D eigenvalue weighted by Gasteiger charge is 2.15. The molecule has 1 heterocycles. The summed E-state index contributed by atoms with van der Waals surface area (Å²) in [6, 6.07) is 0. The van der Waals surface area contributed by atoms with Crippen LogP contribution in [0.1, 0.15) is 5.69 Å². The van der Waals surface area contributed by atoms with Gasteiger partial charge in [-0.1, -0.05) is 5.16 Å². The molecule has 0 saturated carbocycles. The Morgan fingerprint density at radius 1 is 1.65 bits per heavy atom. The molecule has 1 aromatic rings. The van der Waals surface area contributed by atoms with Crippen molar-refractivity contribution in [3.8, 4) is 0 Å². The summed E-state index contributed by atoms with van der Waals surface area (Å²) < 4.78 is -0.224. The lowest BCUT2D eigenvalue weighted by molar-refractivity contribution is -0.104. The maximum atomic E-state index is 11.3. The zero-order valence-electron chi connectivity index (χ0n) is 9.55. The van der Waals surface area contributed by atoms with Crippen LogP contribution in [-0.2, 0) is 9.63 Å². The molecule has 0 amide bonds. The molecule has 1 aromatic heterocycles. The molecular formula is C9H11IN4O2S. The van der Waals surface area contributed by atoms with E-state index >= 15 is 0 Å². The number of carbonyl (C=O) groups is 1. The van der Waals surface area contributed by atoms with Gasteiger partial charge in [-0.15, -0.1) is 11.3 Å². The van der Waals surface area contributed by atoms with Crippen molar-refractivity contribution in [2.45, 2.75) is 0 Å². The third-order valence-electron chi connectivity index (χ3n) is 1.50. The van der Waals surface area contributed by atoms with Crippen LogP contribution >= 0.6 is 33.9 Å². The molecule has 1 rings (SSSR count). The number of hydrogen-bond donors (Lipinski definition) is 0. The van der Waals surface area contributed by atoms with Crippen LogP contribution in [0.25, 0.3) is 0 Å². The van der Waals surface area contributed by atoms with E-state index in [1.54, 1.807) is 39.2 Å². The van der Waals surface area contributed by atoms with Gasteiger partial charge in [0.25, 0.3) is 0 Å². The van der Waals surface area contributed by atoms with Crippen molar-refractivity contribution in [1.82, 2.24) is 9.88 Å². The third-order valence-corrected chi connectivity index (χ3v) is 2.76. The molecule has 17 heavy (non-hydrogen) atoms. The molecule has 0 saturated heterocycles. The number of nitrogens with zero attached hydrogens (tertiary/aromatic N) is 4. The first kappa shape index (κ1) is 14.0. The van der Waals surface area contributed by atoms with Gasteiger partial charge in [-0.2, -0.15) is 0 Å². The molecule has 0 bridgehead atoms. The summed E-state index contributed by atoms with van der Waals surface area (Å²) in [4.78, 5) is 26.0. The SMILES string of the molecule is CO/N=C(\C(=O)I)c1csc(/N=C/N(C)C)n1. The van der Waals surface area contributed by atoms with E-state index in [0.29, 0.717) is 10.8 Å². The number of aromatic nitrogens is 1. The Kier molecular flexibility index (Phi) is 5.48. The van der Waals surface area contributed by atoms with Gasteiger partial charge in [0.15, 0.2) is 5.71 Å². The molecule has 6 nitrogen and oxygen atoms in total. The Morgan fingerprint density at radius 2 is 2.35 bits per heavy atom. The smallest absolute Gasteiger partial charge is 0.246 e. The van der Waals surface area contributed by atoms with Gasteiger partial charge in [-0.25, -0.2) is 9.98 Å². The van der Waals surface area contributed by atoms with Gasteiger partial charge in [0.2, 0.25) is 8.92 Å². The molecule has 0 spiro atoms. The Balaban J connectivity index is 2.93. The van der Waals surface area contributed by atoms with Gasteiger partial charge >= 0.3 is 0 Å². The largest absolute Gasteiger partial charge is 0.398 e. The first-order chi connectivity index (χ1) is 8.04. The van der Waals surface area contributed by atoms with Crippen LogP contribution in [0.3, 0.4) is 0 Å². The summed E-state index contributed by atoms with van der Waals surface area (Å²) in [5.41, 5.74) is 0.665. The summed E-state index contributed by atoms with van der Waals surface area (Å²) in [6.07, 6.45) is 1.64. The van der Waals surface area contributed by atoms with Crippen LogP contribution < -0.4 is 0 Å². The summed E-state index contributed by atoms with van der Waals surface area (Å²) >= 11 is 2.98. The molecular weight excluding hydrogens is 355 g/mol. The average Bonchev–Trinajstić information content (AvgIpc) is 2.71. The number of thiazole rings is 1. The monoisotopic (exact) mass is 366 g/mol.